The van der Waals surface area contributed by atoms with Gasteiger partial charge in [-0.25, -0.2) is 13.4 Å². The van der Waals surface area contributed by atoms with Gasteiger partial charge >= 0.3 is 0 Å². The van der Waals surface area contributed by atoms with Gasteiger partial charge in [0.05, 0.1) is 15.9 Å². The summed E-state index contributed by atoms with van der Waals surface area (Å²) in [6.45, 7) is 3.85. The predicted octanol–water partition coefficient (Wildman–Crippen LogP) is 2.62. The highest BCUT2D eigenvalue weighted by molar-refractivity contribution is 7.92. The Hall–Kier alpha value is -1.73. The second kappa shape index (κ2) is 4.92. The van der Waals surface area contributed by atoms with Crippen LogP contribution in [0.15, 0.2) is 28.6 Å². The van der Waals surface area contributed by atoms with Gasteiger partial charge in [0.2, 0.25) is 14.2 Å². The topological polar surface area (TPSA) is 64.8 Å². The first-order valence-electron chi connectivity index (χ1n) is 6.44. The average Bonchev–Trinajstić information content (AvgIpc) is 2.93. The molecular formula is C14H15N3O2S2. The number of aryl methyl sites for hydroxylation is 3. The van der Waals surface area contributed by atoms with Crippen LogP contribution >= 0.6 is 11.3 Å². The first-order valence-corrected chi connectivity index (χ1v) is 8.91. The number of thiazole rings is 1. The monoisotopic (exact) mass is 321 g/mol. The lowest BCUT2D eigenvalue weighted by Gasteiger charge is -1.96. The van der Waals surface area contributed by atoms with E-state index in [9.17, 15) is 8.42 Å². The van der Waals surface area contributed by atoms with Crippen LogP contribution < -0.4 is 0 Å². The lowest BCUT2D eigenvalue weighted by atomic mass is 10.2. The van der Waals surface area contributed by atoms with Crippen LogP contribution in [0.2, 0.25) is 0 Å². The molecule has 5 nitrogen and oxygen atoms in total. The molecule has 0 saturated carbocycles. The smallest absolute Gasteiger partial charge is 0.211 e. The average molecular weight is 321 g/mol. The summed E-state index contributed by atoms with van der Waals surface area (Å²) in [5, 5.41) is 4.20. The van der Waals surface area contributed by atoms with Crippen LogP contribution in [-0.4, -0.2) is 23.2 Å². The maximum atomic E-state index is 12.5. The zero-order valence-corrected chi connectivity index (χ0v) is 13.6. The van der Waals surface area contributed by atoms with E-state index in [1.807, 2.05) is 32.0 Å². The molecule has 0 aliphatic heterocycles. The largest absolute Gasteiger partial charge is 0.273 e. The Kier molecular flexibility index (Phi) is 3.33. The Labute approximate surface area is 127 Å². The summed E-state index contributed by atoms with van der Waals surface area (Å²) in [6.07, 6.45) is 0. The molecule has 7 heteroatoms. The third-order valence-electron chi connectivity index (χ3n) is 3.29. The van der Waals surface area contributed by atoms with E-state index < -0.39 is 9.84 Å². The molecule has 110 valence electrons. The number of benzene rings is 1. The zero-order valence-electron chi connectivity index (χ0n) is 12.0. The van der Waals surface area contributed by atoms with Gasteiger partial charge in [-0.2, -0.15) is 5.10 Å². The summed E-state index contributed by atoms with van der Waals surface area (Å²) < 4.78 is 27.7. The van der Waals surface area contributed by atoms with E-state index in [1.54, 1.807) is 17.8 Å². The van der Waals surface area contributed by atoms with E-state index >= 15 is 0 Å². The Morgan fingerprint density at radius 3 is 2.67 bits per heavy atom. The lowest BCUT2D eigenvalue weighted by molar-refractivity contribution is 0.593. The first kappa shape index (κ1) is 14.2. The molecule has 0 aliphatic rings. The van der Waals surface area contributed by atoms with E-state index in [4.69, 9.17) is 0 Å². The van der Waals surface area contributed by atoms with Gasteiger partial charge < -0.3 is 0 Å². The quantitative estimate of drug-likeness (QED) is 0.744. The summed E-state index contributed by atoms with van der Waals surface area (Å²) in [5.41, 5.74) is 3.28. The highest BCUT2D eigenvalue weighted by atomic mass is 32.2. The van der Waals surface area contributed by atoms with Gasteiger partial charge in [0, 0.05) is 12.7 Å². The minimum absolute atomic E-state index is 0.118. The van der Waals surface area contributed by atoms with Crippen molar-refractivity contribution in [3.63, 3.8) is 0 Å². The molecular weight excluding hydrogens is 306 g/mol. The zero-order chi connectivity index (χ0) is 15.2. The highest BCUT2D eigenvalue weighted by Gasteiger charge is 2.22. The van der Waals surface area contributed by atoms with E-state index in [0.717, 1.165) is 21.5 Å². The number of nitrogens with zero attached hydrogens (tertiary/aromatic N) is 3. The highest BCUT2D eigenvalue weighted by Crippen LogP contribution is 2.28. The molecule has 3 rings (SSSR count). The molecule has 0 aliphatic carbocycles. The summed E-state index contributed by atoms with van der Waals surface area (Å²) in [6, 6.07) is 7.55. The number of fused-ring (bicyclic) bond motifs is 1. The Morgan fingerprint density at radius 1 is 1.24 bits per heavy atom. The number of sulfone groups is 1. The molecule has 0 amide bonds. The van der Waals surface area contributed by atoms with Gasteiger partial charge in [0.15, 0.2) is 0 Å². The molecule has 3 aromatic rings. The fraction of sp³-hybridized carbons (Fsp3) is 0.286. The van der Waals surface area contributed by atoms with Crippen molar-refractivity contribution in [2.45, 2.75) is 23.9 Å². The van der Waals surface area contributed by atoms with Crippen LogP contribution in [0.5, 0.6) is 0 Å². The Balaban J connectivity index is 1.99. The molecule has 21 heavy (non-hydrogen) atoms. The van der Waals surface area contributed by atoms with Crippen molar-refractivity contribution in [2.24, 2.45) is 7.05 Å². The summed E-state index contributed by atoms with van der Waals surface area (Å²) >= 11 is 1.21. The van der Waals surface area contributed by atoms with Crippen LogP contribution in [-0.2, 0) is 22.6 Å². The standard InChI is InChI=1S/C14H15N3O2S2/c1-9-4-5-13-12(6-9)15-14(20-13)21(18,19)8-11-7-10(2)17(3)16-11/h4-7H,8H2,1-3H3. The first-order chi connectivity index (χ1) is 9.85. The fourth-order valence-electron chi connectivity index (χ4n) is 2.11. The summed E-state index contributed by atoms with van der Waals surface area (Å²) in [5.74, 6) is -0.118. The van der Waals surface area contributed by atoms with E-state index in [2.05, 4.69) is 10.1 Å². The van der Waals surface area contributed by atoms with Crippen molar-refractivity contribution < 1.29 is 8.42 Å². The van der Waals surface area contributed by atoms with Crippen LogP contribution in [0.3, 0.4) is 0 Å². The van der Waals surface area contributed by atoms with Crippen LogP contribution in [0.25, 0.3) is 10.2 Å². The van der Waals surface area contributed by atoms with Crippen molar-refractivity contribution in [3.05, 3.63) is 41.2 Å². The maximum Gasteiger partial charge on any atom is 0.211 e. The number of rotatable bonds is 3. The number of aromatic nitrogens is 3. The Morgan fingerprint density at radius 2 is 2.00 bits per heavy atom. The molecule has 0 spiro atoms. The van der Waals surface area contributed by atoms with Gasteiger partial charge in [-0.1, -0.05) is 6.07 Å². The van der Waals surface area contributed by atoms with Crippen LogP contribution in [0, 0.1) is 13.8 Å². The van der Waals surface area contributed by atoms with Gasteiger partial charge in [0.1, 0.15) is 5.75 Å². The molecule has 0 N–H and O–H groups in total. The van der Waals surface area contributed by atoms with Gasteiger partial charge in [-0.05, 0) is 37.6 Å². The minimum atomic E-state index is -3.46. The molecule has 0 fully saturated rings. The fourth-order valence-corrected chi connectivity index (χ4v) is 4.63. The molecule has 0 unspecified atom stereocenters. The van der Waals surface area contributed by atoms with Crippen molar-refractivity contribution in [2.75, 3.05) is 0 Å². The normalized spacial score (nSPS) is 12.1. The predicted molar refractivity (Wildman–Crippen MR) is 83.2 cm³/mol. The molecule has 1 aromatic carbocycles. The molecule has 0 atom stereocenters. The molecule has 2 heterocycles. The minimum Gasteiger partial charge on any atom is -0.273 e. The van der Waals surface area contributed by atoms with Crippen molar-refractivity contribution in [3.8, 4) is 0 Å². The molecule has 0 radical (unpaired) electrons. The van der Waals surface area contributed by atoms with E-state index in [-0.39, 0.29) is 10.1 Å². The maximum absolute atomic E-state index is 12.5. The number of hydrogen-bond acceptors (Lipinski definition) is 5. The van der Waals surface area contributed by atoms with Crippen LogP contribution in [0.4, 0.5) is 0 Å². The molecule has 0 saturated heterocycles. The summed E-state index contributed by atoms with van der Waals surface area (Å²) in [4.78, 5) is 4.27. The third kappa shape index (κ3) is 2.71. The molecule has 0 bridgehead atoms. The summed E-state index contributed by atoms with van der Waals surface area (Å²) in [7, 11) is -1.66. The van der Waals surface area contributed by atoms with Crippen molar-refractivity contribution >= 4 is 31.4 Å². The van der Waals surface area contributed by atoms with Gasteiger partial charge in [-0.15, -0.1) is 11.3 Å². The second-order valence-electron chi connectivity index (χ2n) is 5.11. The molecule has 2 aromatic heterocycles. The second-order valence-corrected chi connectivity index (χ2v) is 8.30. The van der Waals surface area contributed by atoms with Crippen molar-refractivity contribution in [1.29, 1.82) is 0 Å². The van der Waals surface area contributed by atoms with E-state index in [1.165, 1.54) is 11.3 Å². The SMILES string of the molecule is Cc1ccc2sc(S(=O)(=O)Cc3cc(C)n(C)n3)nc2c1. The van der Waals surface area contributed by atoms with Crippen molar-refractivity contribution in [1.82, 2.24) is 14.8 Å². The van der Waals surface area contributed by atoms with Crippen LogP contribution in [0.1, 0.15) is 17.0 Å². The lowest BCUT2D eigenvalue weighted by Crippen LogP contribution is -2.05. The van der Waals surface area contributed by atoms with Gasteiger partial charge in [-0.3, -0.25) is 4.68 Å². The van der Waals surface area contributed by atoms with Gasteiger partial charge in [0.25, 0.3) is 0 Å². The third-order valence-corrected chi connectivity index (χ3v) is 6.43. The Bertz CT molecular complexity index is 903. The van der Waals surface area contributed by atoms with E-state index in [0.29, 0.717) is 5.69 Å². The number of hydrogen-bond donors (Lipinski definition) is 0.